The first-order valence-electron chi connectivity index (χ1n) is 7.84. The molecule has 4 nitrogen and oxygen atoms in total. The first-order chi connectivity index (χ1) is 10.9. The van der Waals surface area contributed by atoms with E-state index >= 15 is 0 Å². The molecule has 0 aliphatic heterocycles. The Hall–Kier alpha value is -2.20. The van der Waals surface area contributed by atoms with E-state index in [1.54, 1.807) is 19.3 Å². The molecule has 23 heavy (non-hydrogen) atoms. The molecule has 3 N–H and O–H groups in total. The zero-order valence-electron chi connectivity index (χ0n) is 14.3. The number of aryl methyl sites for hydroxylation is 1. The summed E-state index contributed by atoms with van der Waals surface area (Å²) in [7, 11) is 1.60. The van der Waals surface area contributed by atoms with Crippen LogP contribution in [0.1, 0.15) is 46.6 Å². The zero-order chi connectivity index (χ0) is 17.0. The Labute approximate surface area is 138 Å². The Morgan fingerprint density at radius 2 is 2.00 bits per heavy atom. The monoisotopic (exact) mass is 311 g/mol. The predicted octanol–water partition coefficient (Wildman–Crippen LogP) is 2.58. The van der Waals surface area contributed by atoms with E-state index in [4.69, 9.17) is 5.73 Å². The normalized spacial score (nSPS) is 11.3. The molecular weight excluding hydrogens is 286 g/mol. The molecule has 0 spiro atoms. The van der Waals surface area contributed by atoms with Gasteiger partial charge >= 0.3 is 0 Å². The van der Waals surface area contributed by atoms with Crippen molar-refractivity contribution in [3.8, 4) is 0 Å². The molecule has 0 aliphatic carbocycles. The van der Waals surface area contributed by atoms with Gasteiger partial charge in [0.25, 0.3) is 5.91 Å². The van der Waals surface area contributed by atoms with Gasteiger partial charge in [-0.05, 0) is 41.7 Å². The molecule has 0 saturated carbocycles. The quantitative estimate of drug-likeness (QED) is 0.892. The minimum Gasteiger partial charge on any atom is -0.354 e. The van der Waals surface area contributed by atoms with Crippen LogP contribution in [0, 0.1) is 6.92 Å². The number of pyridine rings is 1. The van der Waals surface area contributed by atoms with Gasteiger partial charge in [0.1, 0.15) is 5.69 Å². The van der Waals surface area contributed by atoms with Crippen LogP contribution in [-0.2, 0) is 11.8 Å². The summed E-state index contributed by atoms with van der Waals surface area (Å²) in [4.78, 5) is 15.7. The third kappa shape index (κ3) is 3.96. The van der Waals surface area contributed by atoms with Crippen molar-refractivity contribution in [2.24, 2.45) is 5.73 Å². The Morgan fingerprint density at radius 1 is 1.26 bits per heavy atom. The standard InChI is InChI=1S/C19H25N3O/c1-13-9-16(19(2,3)12-20)7-6-15(13)10-14-5-8-17(22-11-14)18(23)21-4/h5-9,11H,10,12,20H2,1-4H3,(H,21,23). The average molecular weight is 311 g/mol. The second-order valence-electron chi connectivity index (χ2n) is 6.54. The third-order valence-electron chi connectivity index (χ3n) is 4.31. The fourth-order valence-corrected chi connectivity index (χ4v) is 2.44. The van der Waals surface area contributed by atoms with Crippen molar-refractivity contribution >= 4 is 5.91 Å². The lowest BCUT2D eigenvalue weighted by molar-refractivity contribution is 0.0958. The molecule has 0 atom stereocenters. The number of carbonyl (C=O) groups is 1. The minimum absolute atomic E-state index is 0.0139. The number of benzene rings is 1. The summed E-state index contributed by atoms with van der Waals surface area (Å²) in [5.74, 6) is -0.166. The van der Waals surface area contributed by atoms with Crippen LogP contribution in [0.4, 0.5) is 0 Å². The van der Waals surface area contributed by atoms with Crippen LogP contribution in [0.25, 0.3) is 0 Å². The average Bonchev–Trinajstić information content (AvgIpc) is 2.56. The van der Waals surface area contributed by atoms with E-state index in [9.17, 15) is 4.79 Å². The second-order valence-corrected chi connectivity index (χ2v) is 6.54. The van der Waals surface area contributed by atoms with Gasteiger partial charge in [0.05, 0.1) is 0 Å². The Balaban J connectivity index is 2.19. The van der Waals surface area contributed by atoms with Crippen LogP contribution >= 0.6 is 0 Å². The molecule has 1 aromatic carbocycles. The van der Waals surface area contributed by atoms with Crippen molar-refractivity contribution in [1.82, 2.24) is 10.3 Å². The Kier molecular flexibility index (Phi) is 5.16. The summed E-state index contributed by atoms with van der Waals surface area (Å²) in [5.41, 5.74) is 11.1. The summed E-state index contributed by atoms with van der Waals surface area (Å²) >= 11 is 0. The summed E-state index contributed by atoms with van der Waals surface area (Å²) < 4.78 is 0. The van der Waals surface area contributed by atoms with Crippen molar-refractivity contribution in [1.29, 1.82) is 0 Å². The molecule has 0 unspecified atom stereocenters. The molecule has 122 valence electrons. The molecule has 0 radical (unpaired) electrons. The molecule has 2 aromatic rings. The van der Waals surface area contributed by atoms with E-state index in [1.165, 1.54) is 16.7 Å². The van der Waals surface area contributed by atoms with Gasteiger partial charge in [0, 0.05) is 25.2 Å². The molecule has 2 rings (SSSR count). The molecular formula is C19H25N3O. The first kappa shape index (κ1) is 17.2. The molecule has 0 saturated heterocycles. The number of nitrogens with two attached hydrogens (primary N) is 1. The zero-order valence-corrected chi connectivity index (χ0v) is 14.3. The minimum atomic E-state index is -0.166. The lowest BCUT2D eigenvalue weighted by atomic mass is 9.83. The van der Waals surface area contributed by atoms with Crippen molar-refractivity contribution in [3.05, 3.63) is 64.5 Å². The number of amides is 1. The van der Waals surface area contributed by atoms with Gasteiger partial charge in [-0.3, -0.25) is 9.78 Å². The van der Waals surface area contributed by atoms with E-state index in [2.05, 4.69) is 49.3 Å². The highest BCUT2D eigenvalue weighted by atomic mass is 16.1. The van der Waals surface area contributed by atoms with Gasteiger partial charge < -0.3 is 11.1 Å². The fraction of sp³-hybridized carbons (Fsp3) is 0.368. The number of nitrogens with zero attached hydrogens (tertiary/aromatic N) is 1. The molecule has 0 fully saturated rings. The predicted molar refractivity (Wildman–Crippen MR) is 93.7 cm³/mol. The number of rotatable bonds is 5. The van der Waals surface area contributed by atoms with Crippen molar-refractivity contribution in [2.75, 3.05) is 13.6 Å². The number of hydrogen-bond donors (Lipinski definition) is 2. The summed E-state index contributed by atoms with van der Waals surface area (Å²) in [6.45, 7) is 7.06. The topological polar surface area (TPSA) is 68.0 Å². The van der Waals surface area contributed by atoms with E-state index in [1.807, 2.05) is 6.07 Å². The van der Waals surface area contributed by atoms with E-state index in [-0.39, 0.29) is 11.3 Å². The van der Waals surface area contributed by atoms with E-state index in [0.29, 0.717) is 12.2 Å². The van der Waals surface area contributed by atoms with Crippen molar-refractivity contribution in [3.63, 3.8) is 0 Å². The van der Waals surface area contributed by atoms with Crippen LogP contribution in [0.5, 0.6) is 0 Å². The lowest BCUT2D eigenvalue weighted by Gasteiger charge is -2.24. The Bertz CT molecular complexity index is 690. The van der Waals surface area contributed by atoms with E-state index in [0.717, 1.165) is 12.0 Å². The number of nitrogens with one attached hydrogen (secondary N) is 1. The van der Waals surface area contributed by atoms with E-state index < -0.39 is 0 Å². The smallest absolute Gasteiger partial charge is 0.269 e. The summed E-state index contributed by atoms with van der Waals surface area (Å²) in [6, 6.07) is 10.2. The second kappa shape index (κ2) is 6.92. The van der Waals surface area contributed by atoms with Crippen molar-refractivity contribution in [2.45, 2.75) is 32.6 Å². The maximum atomic E-state index is 11.5. The van der Waals surface area contributed by atoms with Crippen LogP contribution < -0.4 is 11.1 Å². The first-order valence-corrected chi connectivity index (χ1v) is 7.84. The highest BCUT2D eigenvalue weighted by molar-refractivity contribution is 5.91. The molecule has 1 heterocycles. The highest BCUT2D eigenvalue weighted by Gasteiger charge is 2.19. The molecule has 0 aliphatic rings. The van der Waals surface area contributed by atoms with Crippen LogP contribution in [-0.4, -0.2) is 24.5 Å². The molecule has 1 aromatic heterocycles. The van der Waals surface area contributed by atoms with Gasteiger partial charge in [0.2, 0.25) is 0 Å². The maximum Gasteiger partial charge on any atom is 0.269 e. The SMILES string of the molecule is CNC(=O)c1ccc(Cc2ccc(C(C)(C)CN)cc2C)cn1. The number of carbonyl (C=O) groups excluding carboxylic acids is 1. The van der Waals surface area contributed by atoms with Gasteiger partial charge in [-0.2, -0.15) is 0 Å². The third-order valence-corrected chi connectivity index (χ3v) is 4.31. The molecule has 4 heteroatoms. The number of hydrogen-bond acceptors (Lipinski definition) is 3. The maximum absolute atomic E-state index is 11.5. The largest absolute Gasteiger partial charge is 0.354 e. The van der Waals surface area contributed by atoms with Gasteiger partial charge in [-0.1, -0.05) is 38.1 Å². The summed E-state index contributed by atoms with van der Waals surface area (Å²) in [6.07, 6.45) is 2.57. The lowest BCUT2D eigenvalue weighted by Crippen LogP contribution is -2.28. The highest BCUT2D eigenvalue weighted by Crippen LogP contribution is 2.25. The van der Waals surface area contributed by atoms with Crippen molar-refractivity contribution < 1.29 is 4.79 Å². The fourth-order valence-electron chi connectivity index (χ4n) is 2.44. The van der Waals surface area contributed by atoms with Gasteiger partial charge in [-0.25, -0.2) is 0 Å². The van der Waals surface area contributed by atoms with Crippen LogP contribution in [0.3, 0.4) is 0 Å². The van der Waals surface area contributed by atoms with Gasteiger partial charge in [-0.15, -0.1) is 0 Å². The van der Waals surface area contributed by atoms with Crippen LogP contribution in [0.15, 0.2) is 36.5 Å². The number of aromatic nitrogens is 1. The van der Waals surface area contributed by atoms with Gasteiger partial charge in [0.15, 0.2) is 0 Å². The Morgan fingerprint density at radius 3 is 2.52 bits per heavy atom. The summed E-state index contributed by atoms with van der Waals surface area (Å²) in [5, 5.41) is 2.57. The van der Waals surface area contributed by atoms with Crippen LogP contribution in [0.2, 0.25) is 0 Å². The molecule has 0 bridgehead atoms. The molecule has 1 amide bonds.